The molecule has 104 valence electrons. The Morgan fingerprint density at radius 2 is 1.89 bits per heavy atom. The zero-order chi connectivity index (χ0) is 13.3. The van der Waals surface area contributed by atoms with E-state index in [1.54, 1.807) is 0 Å². The third-order valence-electron chi connectivity index (χ3n) is 5.00. The number of carbonyl (C=O) groups is 1. The van der Waals surface area contributed by atoms with Crippen molar-refractivity contribution in [2.24, 2.45) is 11.3 Å². The van der Waals surface area contributed by atoms with Crippen molar-refractivity contribution in [3.63, 3.8) is 0 Å². The molecule has 0 aromatic heterocycles. The molecule has 1 atom stereocenters. The van der Waals surface area contributed by atoms with Gasteiger partial charge in [0.15, 0.2) is 0 Å². The van der Waals surface area contributed by atoms with Crippen molar-refractivity contribution in [1.82, 2.24) is 9.80 Å². The number of nitrogens with zero attached hydrogens (tertiary/aromatic N) is 2. The lowest BCUT2D eigenvalue weighted by Crippen LogP contribution is -2.58. The minimum atomic E-state index is -0.577. The summed E-state index contributed by atoms with van der Waals surface area (Å²) in [5.74, 6) is -0.0426. The van der Waals surface area contributed by atoms with Crippen LogP contribution < -0.4 is 0 Å². The van der Waals surface area contributed by atoms with Crippen molar-refractivity contribution in [3.8, 4) is 0 Å². The molecule has 1 aliphatic carbocycles. The zero-order valence-corrected chi connectivity index (χ0v) is 11.9. The summed E-state index contributed by atoms with van der Waals surface area (Å²) >= 11 is 0. The molecule has 1 unspecified atom stereocenters. The molecule has 1 aliphatic heterocycles. The van der Waals surface area contributed by atoms with Crippen LogP contribution in [0, 0.1) is 11.3 Å². The number of hydrogen-bond acceptors (Lipinski definition) is 3. The maximum atomic E-state index is 11.7. The standard InChI is InChI=1S/C14H26N2O2/c1-15(2)12(11-5-9-16(3)10-6-11)14(13(17)18)7-4-8-14/h11-12H,4-10H2,1-3H3,(H,17,18). The van der Waals surface area contributed by atoms with Gasteiger partial charge in [0.2, 0.25) is 0 Å². The van der Waals surface area contributed by atoms with Crippen molar-refractivity contribution in [1.29, 1.82) is 0 Å². The molecule has 1 saturated carbocycles. The van der Waals surface area contributed by atoms with Crippen LogP contribution in [0.3, 0.4) is 0 Å². The summed E-state index contributed by atoms with van der Waals surface area (Å²) < 4.78 is 0. The highest BCUT2D eigenvalue weighted by Gasteiger charge is 2.53. The number of rotatable bonds is 4. The van der Waals surface area contributed by atoms with E-state index in [4.69, 9.17) is 0 Å². The Kier molecular flexibility index (Phi) is 3.97. The van der Waals surface area contributed by atoms with E-state index in [1.165, 1.54) is 0 Å². The quantitative estimate of drug-likeness (QED) is 0.826. The molecule has 1 heterocycles. The summed E-state index contributed by atoms with van der Waals surface area (Å²) in [4.78, 5) is 16.2. The Labute approximate surface area is 110 Å². The van der Waals surface area contributed by atoms with Gasteiger partial charge in [0.05, 0.1) is 5.41 Å². The first-order valence-corrected chi connectivity index (χ1v) is 7.06. The number of likely N-dealkylation sites (tertiary alicyclic amines) is 1. The lowest BCUT2D eigenvalue weighted by molar-refractivity contribution is -0.164. The SMILES string of the molecule is CN1CCC(C(N(C)C)C2(C(=O)O)CCC2)CC1. The number of hydrogen-bond donors (Lipinski definition) is 1. The molecule has 0 bridgehead atoms. The van der Waals surface area contributed by atoms with E-state index in [9.17, 15) is 9.90 Å². The highest BCUT2D eigenvalue weighted by atomic mass is 16.4. The molecular weight excluding hydrogens is 228 g/mol. The van der Waals surface area contributed by atoms with Crippen molar-refractivity contribution in [3.05, 3.63) is 0 Å². The molecule has 0 amide bonds. The van der Waals surface area contributed by atoms with Gasteiger partial charge >= 0.3 is 5.97 Å². The minimum absolute atomic E-state index is 0.206. The Morgan fingerprint density at radius 1 is 1.33 bits per heavy atom. The summed E-state index contributed by atoms with van der Waals surface area (Å²) in [5.41, 5.74) is -0.468. The van der Waals surface area contributed by atoms with Gasteiger partial charge in [0.1, 0.15) is 0 Å². The molecule has 0 aromatic carbocycles. The molecular formula is C14H26N2O2. The average molecular weight is 254 g/mol. The zero-order valence-electron chi connectivity index (χ0n) is 11.9. The Hall–Kier alpha value is -0.610. The fourth-order valence-corrected chi connectivity index (χ4v) is 3.91. The van der Waals surface area contributed by atoms with E-state index in [0.29, 0.717) is 5.92 Å². The van der Waals surface area contributed by atoms with Gasteiger partial charge < -0.3 is 14.9 Å². The van der Waals surface area contributed by atoms with Crippen LogP contribution in [0.25, 0.3) is 0 Å². The fourth-order valence-electron chi connectivity index (χ4n) is 3.91. The van der Waals surface area contributed by atoms with Gasteiger partial charge in [-0.25, -0.2) is 0 Å². The molecule has 1 saturated heterocycles. The largest absolute Gasteiger partial charge is 0.481 e. The molecule has 0 radical (unpaired) electrons. The first-order chi connectivity index (χ1) is 8.47. The second kappa shape index (κ2) is 5.17. The predicted octanol–water partition coefficient (Wildman–Crippen LogP) is 1.51. The van der Waals surface area contributed by atoms with Crippen LogP contribution in [-0.4, -0.2) is 61.2 Å². The molecule has 1 N–H and O–H groups in total. The van der Waals surface area contributed by atoms with Crippen molar-refractivity contribution in [2.45, 2.75) is 38.1 Å². The van der Waals surface area contributed by atoms with Gasteiger partial charge in [-0.3, -0.25) is 4.79 Å². The van der Waals surface area contributed by atoms with Gasteiger partial charge in [-0.15, -0.1) is 0 Å². The lowest BCUT2D eigenvalue weighted by atomic mass is 9.59. The topological polar surface area (TPSA) is 43.8 Å². The van der Waals surface area contributed by atoms with Gasteiger partial charge in [-0.05, 0) is 65.8 Å². The summed E-state index contributed by atoms with van der Waals surface area (Å²) in [5, 5.41) is 9.65. The van der Waals surface area contributed by atoms with Gasteiger partial charge in [-0.2, -0.15) is 0 Å². The van der Waals surface area contributed by atoms with Crippen LogP contribution in [-0.2, 0) is 4.79 Å². The van der Waals surface area contributed by atoms with Crippen LogP contribution in [0.2, 0.25) is 0 Å². The van der Waals surface area contributed by atoms with Crippen molar-refractivity contribution in [2.75, 3.05) is 34.2 Å². The fraction of sp³-hybridized carbons (Fsp3) is 0.929. The first kappa shape index (κ1) is 13.8. The van der Waals surface area contributed by atoms with E-state index >= 15 is 0 Å². The number of carboxylic acid groups (broad SMARTS) is 1. The van der Waals surface area contributed by atoms with E-state index in [2.05, 4.69) is 16.8 Å². The number of piperidine rings is 1. The maximum absolute atomic E-state index is 11.7. The smallest absolute Gasteiger partial charge is 0.311 e. The summed E-state index contributed by atoms with van der Waals surface area (Å²) in [6, 6.07) is 0.206. The number of carboxylic acids is 1. The molecule has 0 aromatic rings. The van der Waals surface area contributed by atoms with E-state index in [1.807, 2.05) is 14.1 Å². The van der Waals surface area contributed by atoms with Gasteiger partial charge in [0.25, 0.3) is 0 Å². The maximum Gasteiger partial charge on any atom is 0.311 e. The van der Waals surface area contributed by atoms with E-state index in [-0.39, 0.29) is 6.04 Å². The molecule has 18 heavy (non-hydrogen) atoms. The monoisotopic (exact) mass is 254 g/mol. The number of aliphatic carboxylic acids is 1. The highest BCUT2D eigenvalue weighted by Crippen LogP contribution is 2.49. The van der Waals surface area contributed by atoms with Gasteiger partial charge in [-0.1, -0.05) is 6.42 Å². The predicted molar refractivity (Wildman–Crippen MR) is 71.6 cm³/mol. The second-order valence-electron chi connectivity index (χ2n) is 6.36. The summed E-state index contributed by atoms with van der Waals surface area (Å²) in [6.45, 7) is 2.20. The molecule has 0 spiro atoms. The summed E-state index contributed by atoms with van der Waals surface area (Å²) in [6.07, 6.45) is 5.06. The van der Waals surface area contributed by atoms with Crippen LogP contribution in [0.5, 0.6) is 0 Å². The molecule has 4 nitrogen and oxygen atoms in total. The van der Waals surface area contributed by atoms with Crippen molar-refractivity contribution >= 4 is 5.97 Å². The van der Waals surface area contributed by atoms with Crippen LogP contribution in [0.4, 0.5) is 0 Å². The van der Waals surface area contributed by atoms with Crippen LogP contribution in [0.15, 0.2) is 0 Å². The first-order valence-electron chi connectivity index (χ1n) is 7.06. The Balaban J connectivity index is 2.15. The third kappa shape index (κ3) is 2.28. The van der Waals surface area contributed by atoms with Crippen molar-refractivity contribution < 1.29 is 9.90 Å². The average Bonchev–Trinajstić information content (AvgIpc) is 2.23. The third-order valence-corrected chi connectivity index (χ3v) is 5.00. The summed E-state index contributed by atoms with van der Waals surface area (Å²) in [7, 11) is 6.25. The molecule has 2 rings (SSSR count). The van der Waals surface area contributed by atoms with Gasteiger partial charge in [0, 0.05) is 6.04 Å². The highest BCUT2D eigenvalue weighted by molar-refractivity contribution is 5.76. The Morgan fingerprint density at radius 3 is 2.22 bits per heavy atom. The molecule has 2 aliphatic rings. The Bertz CT molecular complexity index is 305. The minimum Gasteiger partial charge on any atom is -0.481 e. The molecule has 4 heteroatoms. The van der Waals surface area contributed by atoms with Crippen LogP contribution >= 0.6 is 0 Å². The van der Waals surface area contributed by atoms with Crippen LogP contribution in [0.1, 0.15) is 32.1 Å². The molecule has 2 fully saturated rings. The lowest BCUT2D eigenvalue weighted by Gasteiger charge is -2.51. The second-order valence-corrected chi connectivity index (χ2v) is 6.36. The van der Waals surface area contributed by atoms with E-state index in [0.717, 1.165) is 45.2 Å². The van der Waals surface area contributed by atoms with E-state index < -0.39 is 11.4 Å². The normalized spacial score (nSPS) is 26.9.